The molecular weight excluding hydrogens is 922 g/mol. The number of carboxylic acids is 1. The zero-order valence-electron chi connectivity index (χ0n) is 39.1. The van der Waals surface area contributed by atoms with Crippen LogP contribution in [0.2, 0.25) is 0 Å². The summed E-state index contributed by atoms with van der Waals surface area (Å²) in [6, 6.07) is 27.3. The first-order chi connectivity index (χ1) is 33.0. The van der Waals surface area contributed by atoms with Gasteiger partial charge in [0, 0.05) is 18.6 Å². The van der Waals surface area contributed by atoms with Gasteiger partial charge in [-0.3, -0.25) is 32.9 Å². The van der Waals surface area contributed by atoms with E-state index in [4.69, 9.17) is 30.9 Å². The third-order valence-corrected chi connectivity index (χ3v) is 9.85. The Morgan fingerprint density at radius 3 is 1.25 bits per heavy atom. The van der Waals surface area contributed by atoms with E-state index in [9.17, 15) is 14.4 Å². The fourth-order valence-corrected chi connectivity index (χ4v) is 6.57. The van der Waals surface area contributed by atoms with Gasteiger partial charge in [-0.1, -0.05) is 36.4 Å². The van der Waals surface area contributed by atoms with Crippen LogP contribution in [-0.2, 0) is 24.6 Å². The van der Waals surface area contributed by atoms with Crippen LogP contribution in [0.3, 0.4) is 0 Å². The first kappa shape index (κ1) is 57.8. The number of carbonyl (C=O) groups excluding carboxylic acids is 2. The van der Waals surface area contributed by atoms with Crippen molar-refractivity contribution >= 4 is 71.2 Å². The molecule has 0 aliphatic carbocycles. The van der Waals surface area contributed by atoms with Crippen molar-refractivity contribution in [1.29, 1.82) is 0 Å². The normalized spacial score (nSPS) is 10.7. The number of hydrogen-bond acceptors (Lipinski definition) is 15. The number of amides is 1. The Balaban J connectivity index is 0.000000278. The minimum Gasteiger partial charge on any atom is -0.870 e. The van der Waals surface area contributed by atoms with E-state index in [2.05, 4.69) is 29.9 Å². The summed E-state index contributed by atoms with van der Waals surface area (Å²) >= 11 is 0. The second-order valence-corrected chi connectivity index (χ2v) is 14.5. The zero-order valence-corrected chi connectivity index (χ0v) is 39.1. The van der Waals surface area contributed by atoms with E-state index in [1.54, 1.807) is 58.5 Å². The predicted octanol–water partition coefficient (Wildman–Crippen LogP) is 2.31. The summed E-state index contributed by atoms with van der Waals surface area (Å²) in [6.45, 7) is 1.79. The first-order valence-corrected chi connectivity index (χ1v) is 20.9. The Labute approximate surface area is 423 Å². The number of hydrogen-bond donors (Lipinski definition) is 6. The van der Waals surface area contributed by atoms with Crippen LogP contribution in [0.25, 0.3) is 53.4 Å². The number of carbonyl (C=O) groups is 3. The average molecular weight is 972 g/mol. The largest absolute Gasteiger partial charge is 1.00 e. The van der Waals surface area contributed by atoms with E-state index in [1.807, 2.05) is 103 Å². The third-order valence-electron chi connectivity index (χ3n) is 9.85. The number of fused-ring (bicyclic) bond motifs is 3. The van der Waals surface area contributed by atoms with Crippen molar-refractivity contribution in [3.05, 3.63) is 196 Å². The van der Waals surface area contributed by atoms with Gasteiger partial charge >= 0.3 is 30.8 Å². The van der Waals surface area contributed by atoms with E-state index >= 15 is 0 Å². The second kappa shape index (κ2) is 27.6. The van der Waals surface area contributed by atoms with E-state index in [0.717, 1.165) is 33.8 Å². The summed E-state index contributed by atoms with van der Waals surface area (Å²) in [6.07, 6.45) is 20.7. The number of carboxylic acid groups (broad SMARTS) is 1. The van der Waals surface area contributed by atoms with Gasteiger partial charge in [0.1, 0.15) is 22.6 Å². The van der Waals surface area contributed by atoms with Crippen LogP contribution in [-0.4, -0.2) is 98.9 Å². The van der Waals surface area contributed by atoms with Gasteiger partial charge in [0.25, 0.3) is 5.91 Å². The van der Waals surface area contributed by atoms with Crippen LogP contribution in [0.1, 0.15) is 89.2 Å². The van der Waals surface area contributed by atoms with Gasteiger partial charge in [-0.2, -0.15) is 0 Å². The van der Waals surface area contributed by atoms with E-state index in [0.29, 0.717) is 52.0 Å². The van der Waals surface area contributed by atoms with Crippen molar-refractivity contribution in [3.8, 4) is 0 Å². The summed E-state index contributed by atoms with van der Waals surface area (Å²) < 4.78 is 9.92. The van der Waals surface area contributed by atoms with Crippen LogP contribution >= 0.6 is 0 Å². The molecule has 0 aromatic carbocycles. The summed E-state index contributed by atoms with van der Waals surface area (Å²) in [4.78, 5) is 59.6. The van der Waals surface area contributed by atoms with E-state index < -0.39 is 17.8 Å². The zero-order chi connectivity index (χ0) is 48.0. The van der Waals surface area contributed by atoms with Gasteiger partial charge in [0.2, 0.25) is 0 Å². The predicted molar refractivity (Wildman–Crippen MR) is 265 cm³/mol. The maximum atomic E-state index is 11.9. The van der Waals surface area contributed by atoms with Gasteiger partial charge in [-0.15, -0.1) is 0 Å². The summed E-state index contributed by atoms with van der Waals surface area (Å²) in [7, 11) is 0. The van der Waals surface area contributed by atoms with E-state index in [1.165, 1.54) is 23.0 Å². The quantitative estimate of drug-likeness (QED) is 0.0713. The molecule has 21 nitrogen and oxygen atoms in total. The third kappa shape index (κ3) is 14.8. The fraction of sp³-hybridized carbons (Fsp3) is 0.100. The van der Waals surface area contributed by atoms with Gasteiger partial charge in [0.05, 0.1) is 79.2 Å². The first-order valence-electron chi connectivity index (χ1n) is 20.9. The number of imidazole rings is 3. The summed E-state index contributed by atoms with van der Waals surface area (Å²) in [5.74, 6) is -1.94. The molecule has 366 valence electrons. The Morgan fingerprint density at radius 2 is 0.903 bits per heavy atom. The molecule has 0 aliphatic rings. The van der Waals surface area contributed by atoms with Crippen molar-refractivity contribution in [2.75, 3.05) is 6.61 Å². The molecule has 9 aromatic heterocycles. The van der Waals surface area contributed by atoms with Crippen molar-refractivity contribution in [2.24, 2.45) is 5.73 Å². The molecule has 0 saturated heterocycles. The maximum Gasteiger partial charge on any atom is 1.00 e. The number of esters is 1. The number of aromatic carboxylic acids is 1. The average Bonchev–Trinajstić information content (AvgIpc) is 4.12. The minimum atomic E-state index is -1.02. The van der Waals surface area contributed by atoms with Crippen LogP contribution in [0.15, 0.2) is 128 Å². The maximum absolute atomic E-state index is 11.9. The second-order valence-electron chi connectivity index (χ2n) is 14.5. The fourth-order valence-electron chi connectivity index (χ4n) is 6.57. The molecule has 9 rings (SSSR count). The molecule has 0 fully saturated rings. The Kier molecular flexibility index (Phi) is 22.2. The topological polar surface area (TPSA) is 354 Å². The molecule has 1 amide bonds. The molecule has 9 aromatic rings. The Hall–Kier alpha value is -8.49. The van der Waals surface area contributed by atoms with Crippen LogP contribution in [0.4, 0.5) is 0 Å². The standard InChI is InChI=1S/C18H17N3O3.C16H14N4O2.C16H13N3O3.Li.H3N.2H2O/c1-2-24-18(23)16-10-19-17-9-7-13(11-21(16)17)6-8-14-4-3-5-15(12-22)20-14;17-16(22)14-8-18-15-7-5-11(9-20(14)15)4-6-12-2-1-3-13(10-21)19-12;20-10-13-3-1-2-12(18-13)6-4-11-5-7-15-17-8-14(16(21)22)19(15)9-11;;;;/h3-11,22H,2,12H2,1H3;1-9,21H,10H2,(H2,17,22);1-9,20H,10H2,(H,21,22);;1H3;2*1H2/q;;;+1;;;/p-1/b8-6-;2*6-4-;;;;. The number of nitrogens with two attached hydrogens (primary N) is 1. The van der Waals surface area contributed by atoms with Crippen molar-refractivity contribution in [1.82, 2.24) is 49.3 Å². The molecule has 22 heteroatoms. The molecule has 0 bridgehead atoms. The molecule has 0 spiro atoms. The molecule has 0 atom stereocenters. The number of primary amides is 1. The van der Waals surface area contributed by atoms with Crippen molar-refractivity contribution in [2.45, 2.75) is 26.7 Å². The molecule has 0 unspecified atom stereocenters. The van der Waals surface area contributed by atoms with E-state index in [-0.39, 0.29) is 61.5 Å². The van der Waals surface area contributed by atoms with Crippen LogP contribution < -0.4 is 30.7 Å². The Bertz CT molecular complexity index is 3200. The SMILES string of the molecule is CCOC(=O)c1cnc2ccc(/C=C\c3cccc(CO)n3)cn12.N.NC(=O)c1cnc2ccc(/C=C\c3cccc(CO)n3)cn12.O.O=C(O)c1cnc2ccc(/C=C\c3cccc(CO)n3)cn12.[Li+].[OH-]. The molecule has 0 aliphatic heterocycles. The molecule has 0 saturated carbocycles. The van der Waals surface area contributed by atoms with Gasteiger partial charge in [-0.25, -0.2) is 24.5 Å². The van der Waals surface area contributed by atoms with Gasteiger partial charge in [0.15, 0.2) is 11.4 Å². The summed E-state index contributed by atoms with van der Waals surface area (Å²) in [5.41, 5.74) is 14.7. The minimum absolute atomic E-state index is 0. The smallest absolute Gasteiger partial charge is 0.870 e. The van der Waals surface area contributed by atoms with Crippen molar-refractivity contribution < 1.29 is 69.4 Å². The number of aliphatic hydroxyl groups excluding tert-OH is 3. The molecule has 9 heterocycles. The molecule has 0 radical (unpaired) electrons. The molecule has 72 heavy (non-hydrogen) atoms. The molecular formula is C50H50LiN11O10. The van der Waals surface area contributed by atoms with Gasteiger partial charge in [-0.05, 0) is 115 Å². The number of ether oxygens (including phenoxy) is 1. The van der Waals surface area contributed by atoms with Crippen LogP contribution in [0.5, 0.6) is 0 Å². The van der Waals surface area contributed by atoms with Gasteiger partial charge < -0.3 is 48.0 Å². The number of aliphatic hydroxyl groups is 3. The number of nitrogens with zero attached hydrogens (tertiary/aromatic N) is 9. The number of rotatable bonds is 13. The summed E-state index contributed by atoms with van der Waals surface area (Å²) in [5, 5.41) is 36.4. The molecule has 12 N–H and O–H groups in total. The monoisotopic (exact) mass is 971 g/mol. The van der Waals surface area contributed by atoms with Crippen molar-refractivity contribution in [3.63, 3.8) is 0 Å². The number of aromatic nitrogens is 9. The number of pyridine rings is 6. The Morgan fingerprint density at radius 1 is 0.556 bits per heavy atom. The van der Waals surface area contributed by atoms with Crippen LogP contribution in [0, 0.1) is 0 Å².